The van der Waals surface area contributed by atoms with Gasteiger partial charge in [-0.1, -0.05) is 0 Å². The van der Waals surface area contributed by atoms with E-state index < -0.39 is 0 Å². The van der Waals surface area contributed by atoms with Gasteiger partial charge >= 0.3 is 0 Å². The van der Waals surface area contributed by atoms with Crippen molar-refractivity contribution in [2.75, 3.05) is 19.7 Å². The van der Waals surface area contributed by atoms with Crippen LogP contribution in [0.25, 0.3) is 0 Å². The molecular formula is C11H18N2O. The van der Waals surface area contributed by atoms with Crippen LogP contribution in [0.2, 0.25) is 0 Å². The van der Waals surface area contributed by atoms with E-state index in [1.165, 1.54) is 12.8 Å². The molecule has 14 heavy (non-hydrogen) atoms. The molecule has 1 saturated carbocycles. The SMILES string of the molecule is N#CC1CCN(C2CCC2CCO)C1. The minimum Gasteiger partial charge on any atom is -0.396 e. The van der Waals surface area contributed by atoms with Crippen LogP contribution in [0, 0.1) is 23.2 Å². The summed E-state index contributed by atoms with van der Waals surface area (Å²) in [6, 6.07) is 3.02. The summed E-state index contributed by atoms with van der Waals surface area (Å²) in [7, 11) is 0. The number of nitrogens with zero attached hydrogens (tertiary/aromatic N) is 2. The first-order valence-electron chi connectivity index (χ1n) is 5.59. The number of rotatable bonds is 3. The van der Waals surface area contributed by atoms with E-state index in [4.69, 9.17) is 10.4 Å². The van der Waals surface area contributed by atoms with Crippen LogP contribution < -0.4 is 0 Å². The van der Waals surface area contributed by atoms with Crippen molar-refractivity contribution in [3.8, 4) is 6.07 Å². The Morgan fingerprint density at radius 3 is 2.71 bits per heavy atom. The number of aliphatic hydroxyl groups is 1. The number of nitriles is 1. The number of hydrogen-bond acceptors (Lipinski definition) is 3. The highest BCUT2D eigenvalue weighted by atomic mass is 16.3. The third-order valence-corrected chi connectivity index (χ3v) is 3.75. The van der Waals surface area contributed by atoms with E-state index in [-0.39, 0.29) is 5.92 Å². The fourth-order valence-corrected chi connectivity index (χ4v) is 2.73. The third-order valence-electron chi connectivity index (χ3n) is 3.75. The van der Waals surface area contributed by atoms with Gasteiger partial charge in [0.25, 0.3) is 0 Å². The van der Waals surface area contributed by atoms with Crippen molar-refractivity contribution in [3.63, 3.8) is 0 Å². The Bertz CT molecular complexity index is 236. The molecule has 0 amide bonds. The highest BCUT2D eigenvalue weighted by Gasteiger charge is 2.38. The minimum absolute atomic E-state index is 0.255. The second-order valence-corrected chi connectivity index (χ2v) is 4.53. The van der Waals surface area contributed by atoms with Crippen molar-refractivity contribution in [2.45, 2.75) is 31.7 Å². The molecule has 1 heterocycles. The van der Waals surface area contributed by atoms with Crippen LogP contribution >= 0.6 is 0 Å². The molecule has 0 aromatic heterocycles. The van der Waals surface area contributed by atoms with Gasteiger partial charge in [-0.2, -0.15) is 5.26 Å². The minimum atomic E-state index is 0.255. The molecule has 2 rings (SSSR count). The molecule has 0 aromatic rings. The second kappa shape index (κ2) is 4.29. The summed E-state index contributed by atoms with van der Waals surface area (Å²) in [5.41, 5.74) is 0. The maximum absolute atomic E-state index is 8.89. The maximum atomic E-state index is 8.89. The molecule has 1 aliphatic carbocycles. The van der Waals surface area contributed by atoms with Crippen LogP contribution in [-0.4, -0.2) is 35.7 Å². The first kappa shape index (κ1) is 9.95. The van der Waals surface area contributed by atoms with Crippen LogP contribution in [0.3, 0.4) is 0 Å². The van der Waals surface area contributed by atoms with Gasteiger partial charge < -0.3 is 5.11 Å². The first-order chi connectivity index (χ1) is 6.85. The Morgan fingerprint density at radius 2 is 2.21 bits per heavy atom. The quantitative estimate of drug-likeness (QED) is 0.729. The smallest absolute Gasteiger partial charge is 0.0669 e. The molecule has 1 N–H and O–H groups in total. The van der Waals surface area contributed by atoms with Gasteiger partial charge in [-0.15, -0.1) is 0 Å². The molecule has 3 unspecified atom stereocenters. The van der Waals surface area contributed by atoms with Gasteiger partial charge in [0, 0.05) is 19.2 Å². The maximum Gasteiger partial charge on any atom is 0.0669 e. The molecule has 78 valence electrons. The summed E-state index contributed by atoms with van der Waals surface area (Å²) in [5, 5.41) is 17.7. The number of likely N-dealkylation sites (tertiary alicyclic amines) is 1. The lowest BCUT2D eigenvalue weighted by molar-refractivity contribution is 0.0624. The second-order valence-electron chi connectivity index (χ2n) is 4.53. The van der Waals surface area contributed by atoms with E-state index in [0.717, 1.165) is 25.9 Å². The lowest BCUT2D eigenvalue weighted by Crippen LogP contribution is -2.46. The van der Waals surface area contributed by atoms with E-state index in [1.807, 2.05) is 0 Å². The summed E-state index contributed by atoms with van der Waals surface area (Å²) < 4.78 is 0. The van der Waals surface area contributed by atoms with Crippen molar-refractivity contribution < 1.29 is 5.11 Å². The molecule has 0 spiro atoms. The van der Waals surface area contributed by atoms with Gasteiger partial charge in [-0.25, -0.2) is 0 Å². The van der Waals surface area contributed by atoms with Crippen LogP contribution in [0.4, 0.5) is 0 Å². The molecule has 3 nitrogen and oxygen atoms in total. The highest BCUT2D eigenvalue weighted by molar-refractivity contribution is 4.97. The van der Waals surface area contributed by atoms with Crippen LogP contribution in [0.15, 0.2) is 0 Å². The summed E-state index contributed by atoms with van der Waals surface area (Å²) >= 11 is 0. The largest absolute Gasteiger partial charge is 0.396 e. The highest BCUT2D eigenvalue weighted by Crippen LogP contribution is 2.36. The first-order valence-corrected chi connectivity index (χ1v) is 5.59. The zero-order valence-corrected chi connectivity index (χ0v) is 8.52. The Kier molecular flexibility index (Phi) is 3.05. The lowest BCUT2D eigenvalue weighted by Gasteiger charge is -2.42. The molecule has 0 aromatic carbocycles. The third kappa shape index (κ3) is 1.77. The van der Waals surface area contributed by atoms with E-state index in [1.54, 1.807) is 0 Å². The molecule has 3 atom stereocenters. The van der Waals surface area contributed by atoms with Crippen molar-refractivity contribution in [1.82, 2.24) is 4.90 Å². The van der Waals surface area contributed by atoms with Gasteiger partial charge in [0.1, 0.15) is 0 Å². The van der Waals surface area contributed by atoms with Crippen molar-refractivity contribution in [2.24, 2.45) is 11.8 Å². The zero-order valence-electron chi connectivity index (χ0n) is 8.52. The van der Waals surface area contributed by atoms with Crippen molar-refractivity contribution in [1.29, 1.82) is 5.26 Å². The standard InChI is InChI=1S/C11H18N2O/c12-7-9-3-5-13(8-9)11-2-1-10(11)4-6-14/h9-11,14H,1-6,8H2. The Labute approximate surface area is 85.3 Å². The van der Waals surface area contributed by atoms with Crippen LogP contribution in [-0.2, 0) is 0 Å². The topological polar surface area (TPSA) is 47.3 Å². The van der Waals surface area contributed by atoms with E-state index >= 15 is 0 Å². The predicted molar refractivity (Wildman–Crippen MR) is 53.5 cm³/mol. The number of aliphatic hydroxyl groups excluding tert-OH is 1. The molecule has 3 heteroatoms. The van der Waals surface area contributed by atoms with Gasteiger partial charge in [0.2, 0.25) is 0 Å². The molecular weight excluding hydrogens is 176 g/mol. The molecule has 2 fully saturated rings. The number of hydrogen-bond donors (Lipinski definition) is 1. The van der Waals surface area contributed by atoms with Gasteiger partial charge in [0.05, 0.1) is 12.0 Å². The summed E-state index contributed by atoms with van der Waals surface area (Å²) in [6.45, 7) is 2.37. The van der Waals surface area contributed by atoms with E-state index in [9.17, 15) is 0 Å². The Balaban J connectivity index is 1.82. The molecule has 1 aliphatic heterocycles. The summed E-state index contributed by atoms with van der Waals surface area (Å²) in [6.07, 6.45) is 4.51. The van der Waals surface area contributed by atoms with Gasteiger partial charge in [0.15, 0.2) is 0 Å². The summed E-state index contributed by atoms with van der Waals surface area (Å²) in [5.74, 6) is 0.947. The summed E-state index contributed by atoms with van der Waals surface area (Å²) in [4.78, 5) is 2.46. The van der Waals surface area contributed by atoms with E-state index in [2.05, 4.69) is 11.0 Å². The predicted octanol–water partition coefficient (Wildman–Crippen LogP) is 0.993. The Hall–Kier alpha value is -0.590. The van der Waals surface area contributed by atoms with Crippen molar-refractivity contribution in [3.05, 3.63) is 0 Å². The van der Waals surface area contributed by atoms with Gasteiger partial charge in [-0.3, -0.25) is 4.90 Å². The van der Waals surface area contributed by atoms with Gasteiger partial charge in [-0.05, 0) is 38.1 Å². The normalized spacial score (nSPS) is 37.9. The van der Waals surface area contributed by atoms with Crippen LogP contribution in [0.5, 0.6) is 0 Å². The average molecular weight is 194 g/mol. The van der Waals surface area contributed by atoms with Crippen molar-refractivity contribution >= 4 is 0 Å². The Morgan fingerprint density at radius 1 is 1.36 bits per heavy atom. The fraction of sp³-hybridized carbons (Fsp3) is 0.909. The lowest BCUT2D eigenvalue weighted by atomic mass is 9.76. The molecule has 1 saturated heterocycles. The molecule has 2 aliphatic rings. The monoisotopic (exact) mass is 194 g/mol. The fourth-order valence-electron chi connectivity index (χ4n) is 2.73. The van der Waals surface area contributed by atoms with E-state index in [0.29, 0.717) is 18.6 Å². The molecule has 0 radical (unpaired) electrons. The molecule has 0 bridgehead atoms. The zero-order chi connectivity index (χ0) is 9.97. The average Bonchev–Trinajstić information content (AvgIpc) is 2.61. The van der Waals surface area contributed by atoms with Crippen LogP contribution in [0.1, 0.15) is 25.7 Å².